The predicted octanol–water partition coefficient (Wildman–Crippen LogP) is 3.66. The van der Waals surface area contributed by atoms with Crippen LogP contribution >= 0.6 is 12.2 Å². The summed E-state index contributed by atoms with van der Waals surface area (Å²) in [7, 11) is -1.18. The summed E-state index contributed by atoms with van der Waals surface area (Å²) in [6.45, 7) is 7.58. The van der Waals surface area contributed by atoms with Gasteiger partial charge in [-0.15, -0.1) is 0 Å². The zero-order chi connectivity index (χ0) is 19.9. The van der Waals surface area contributed by atoms with Gasteiger partial charge in [0.2, 0.25) is 0 Å². The van der Waals surface area contributed by atoms with Gasteiger partial charge < -0.3 is 14.6 Å². The fourth-order valence-corrected chi connectivity index (χ4v) is 4.86. The summed E-state index contributed by atoms with van der Waals surface area (Å²) >= 11 is 5.09. The number of hydrogen-bond donors (Lipinski definition) is 2. The van der Waals surface area contributed by atoms with E-state index in [9.17, 15) is 4.21 Å². The van der Waals surface area contributed by atoms with Crippen LogP contribution < -0.4 is 14.4 Å². The van der Waals surface area contributed by atoms with Gasteiger partial charge in [-0.2, -0.15) is 0 Å². The molecule has 4 rings (SSSR count). The maximum atomic E-state index is 12.9. The van der Waals surface area contributed by atoms with Crippen LogP contribution in [0.15, 0.2) is 36.7 Å². The zero-order valence-electron chi connectivity index (χ0n) is 16.4. The molecule has 1 aromatic carbocycles. The number of H-pyrrole nitrogens is 1. The first-order valence-electron chi connectivity index (χ1n) is 9.54. The number of aromatic amines is 1. The van der Waals surface area contributed by atoms with Crippen molar-refractivity contribution in [3.05, 3.63) is 46.9 Å². The van der Waals surface area contributed by atoms with Crippen LogP contribution in [0.25, 0.3) is 0 Å². The number of rotatable bonds is 3. The van der Waals surface area contributed by atoms with E-state index in [1.807, 2.05) is 45.2 Å². The first-order valence-corrected chi connectivity index (χ1v) is 11.1. The standard InChI is InChI=1S/C20H26N4O2S2/c1-19(2,3)28(25)23-18-14-6-4-5-7-15(14)26-20(18)8-10-24(11-9-20)16-12-22-17(27)13-21-16/h4-7,12-13,18,23H,8-11H2,1-3H3,(H,22,27)/t18-,28-/m1/s1. The van der Waals surface area contributed by atoms with Crippen molar-refractivity contribution in [3.8, 4) is 5.75 Å². The van der Waals surface area contributed by atoms with Gasteiger partial charge in [-0.25, -0.2) is 13.9 Å². The van der Waals surface area contributed by atoms with Crippen molar-refractivity contribution >= 4 is 29.0 Å². The summed E-state index contributed by atoms with van der Waals surface area (Å²) < 4.78 is 23.1. The smallest absolute Gasteiger partial charge is 0.144 e. The number of nitrogens with zero attached hydrogens (tertiary/aromatic N) is 2. The molecule has 2 atom stereocenters. The molecule has 2 aromatic rings. The Labute approximate surface area is 173 Å². The van der Waals surface area contributed by atoms with Crippen LogP contribution in [-0.4, -0.2) is 37.6 Å². The minimum atomic E-state index is -1.18. The number of fused-ring (bicyclic) bond motifs is 1. The molecule has 0 unspecified atom stereocenters. The fraction of sp³-hybridized carbons (Fsp3) is 0.500. The molecule has 150 valence electrons. The van der Waals surface area contributed by atoms with Crippen LogP contribution in [0, 0.1) is 4.64 Å². The molecule has 1 fully saturated rings. The Balaban J connectivity index is 1.58. The van der Waals surface area contributed by atoms with Gasteiger partial charge >= 0.3 is 0 Å². The number of piperidine rings is 1. The van der Waals surface area contributed by atoms with E-state index in [1.54, 1.807) is 6.20 Å². The van der Waals surface area contributed by atoms with E-state index in [4.69, 9.17) is 17.0 Å². The van der Waals surface area contributed by atoms with Gasteiger partial charge in [0.15, 0.2) is 0 Å². The predicted molar refractivity (Wildman–Crippen MR) is 114 cm³/mol. The Morgan fingerprint density at radius 2 is 2.04 bits per heavy atom. The van der Waals surface area contributed by atoms with Crippen LogP contribution in [0.5, 0.6) is 5.75 Å². The van der Waals surface area contributed by atoms with Crippen LogP contribution in [0.1, 0.15) is 45.2 Å². The molecule has 1 saturated heterocycles. The van der Waals surface area contributed by atoms with Crippen LogP contribution in [-0.2, 0) is 11.0 Å². The number of aromatic nitrogens is 2. The largest absolute Gasteiger partial charge is 0.485 e. The number of benzene rings is 1. The molecule has 8 heteroatoms. The van der Waals surface area contributed by atoms with Crippen molar-refractivity contribution in [2.24, 2.45) is 0 Å². The molecule has 0 saturated carbocycles. The molecule has 2 aliphatic heterocycles. The molecule has 1 spiro atoms. The molecule has 2 N–H and O–H groups in total. The van der Waals surface area contributed by atoms with Crippen molar-refractivity contribution in [3.63, 3.8) is 0 Å². The molecule has 0 radical (unpaired) electrons. The van der Waals surface area contributed by atoms with E-state index < -0.39 is 16.6 Å². The maximum absolute atomic E-state index is 12.9. The number of ether oxygens (including phenoxy) is 1. The number of para-hydroxylation sites is 1. The summed E-state index contributed by atoms with van der Waals surface area (Å²) in [5.41, 5.74) is 0.693. The molecular formula is C20H26N4O2S2. The summed E-state index contributed by atoms with van der Waals surface area (Å²) in [6, 6.07) is 7.99. The molecule has 0 amide bonds. The Kier molecular flexibility index (Phi) is 5.05. The lowest BCUT2D eigenvalue weighted by molar-refractivity contribution is 0.0384. The molecular weight excluding hydrogens is 392 g/mol. The second-order valence-corrected chi connectivity index (χ2v) is 10.8. The average Bonchev–Trinajstić information content (AvgIpc) is 2.95. The van der Waals surface area contributed by atoms with E-state index in [1.165, 1.54) is 0 Å². The van der Waals surface area contributed by atoms with Gasteiger partial charge in [-0.1, -0.05) is 30.4 Å². The minimum Gasteiger partial charge on any atom is -0.485 e. The highest BCUT2D eigenvalue weighted by molar-refractivity contribution is 7.84. The normalized spacial score (nSPS) is 22.0. The quantitative estimate of drug-likeness (QED) is 0.745. The summed E-state index contributed by atoms with van der Waals surface area (Å²) in [4.78, 5) is 9.73. The molecule has 28 heavy (non-hydrogen) atoms. The highest BCUT2D eigenvalue weighted by atomic mass is 32.2. The zero-order valence-corrected chi connectivity index (χ0v) is 18.0. The van der Waals surface area contributed by atoms with Gasteiger partial charge in [0.05, 0.1) is 28.0 Å². The lowest BCUT2D eigenvalue weighted by Gasteiger charge is -2.42. The third-order valence-corrected chi connectivity index (χ3v) is 7.23. The first kappa shape index (κ1) is 19.5. The van der Waals surface area contributed by atoms with Gasteiger partial charge in [0.25, 0.3) is 0 Å². The van der Waals surface area contributed by atoms with Gasteiger partial charge in [0, 0.05) is 37.7 Å². The molecule has 1 aromatic heterocycles. The summed E-state index contributed by atoms with van der Waals surface area (Å²) in [5.74, 6) is 1.78. The third kappa shape index (κ3) is 3.60. The first-order chi connectivity index (χ1) is 13.3. The van der Waals surface area contributed by atoms with Crippen LogP contribution in [0.2, 0.25) is 0 Å². The minimum absolute atomic E-state index is 0.0968. The number of nitrogens with one attached hydrogen (secondary N) is 2. The highest BCUT2D eigenvalue weighted by Gasteiger charge is 2.51. The molecule has 6 nitrogen and oxygen atoms in total. The Morgan fingerprint density at radius 1 is 1.32 bits per heavy atom. The van der Waals surface area contributed by atoms with Crippen molar-refractivity contribution in [1.82, 2.24) is 14.7 Å². The number of anilines is 1. The highest BCUT2D eigenvalue weighted by Crippen LogP contribution is 2.48. The van der Waals surface area contributed by atoms with E-state index >= 15 is 0 Å². The lowest BCUT2D eigenvalue weighted by atomic mass is 9.83. The average molecular weight is 419 g/mol. The second-order valence-electron chi connectivity index (χ2n) is 8.39. The molecule has 0 aliphatic carbocycles. The molecule has 2 aliphatic rings. The van der Waals surface area contributed by atoms with E-state index in [-0.39, 0.29) is 10.8 Å². The van der Waals surface area contributed by atoms with Crippen molar-refractivity contribution in [2.45, 2.75) is 50.0 Å². The Hall–Kier alpha value is -1.77. The SMILES string of the molecule is CC(C)(C)[S@@](=O)N[C@@H]1c2ccccc2OC12CCN(c1c[nH]c(=S)cn1)CC2. The third-order valence-electron chi connectivity index (χ3n) is 5.44. The van der Waals surface area contributed by atoms with Crippen molar-refractivity contribution in [1.29, 1.82) is 0 Å². The monoisotopic (exact) mass is 418 g/mol. The Bertz CT molecular complexity index is 925. The van der Waals surface area contributed by atoms with E-state index in [0.29, 0.717) is 4.64 Å². The van der Waals surface area contributed by atoms with E-state index in [0.717, 1.165) is 43.1 Å². The number of hydrogen-bond acceptors (Lipinski definition) is 5. The van der Waals surface area contributed by atoms with Crippen LogP contribution in [0.4, 0.5) is 5.82 Å². The van der Waals surface area contributed by atoms with Crippen molar-refractivity contribution < 1.29 is 8.95 Å². The topological polar surface area (TPSA) is 70.2 Å². The second kappa shape index (κ2) is 7.24. The van der Waals surface area contributed by atoms with E-state index in [2.05, 4.69) is 25.7 Å². The summed E-state index contributed by atoms with van der Waals surface area (Å²) in [5, 5.41) is 0. The van der Waals surface area contributed by atoms with Gasteiger partial charge in [0.1, 0.15) is 21.8 Å². The molecule has 0 bridgehead atoms. The lowest BCUT2D eigenvalue weighted by Crippen LogP contribution is -2.54. The van der Waals surface area contributed by atoms with Crippen LogP contribution in [0.3, 0.4) is 0 Å². The van der Waals surface area contributed by atoms with Crippen molar-refractivity contribution in [2.75, 3.05) is 18.0 Å². The maximum Gasteiger partial charge on any atom is 0.144 e. The van der Waals surface area contributed by atoms with Gasteiger partial charge in [-0.3, -0.25) is 0 Å². The molecule has 3 heterocycles. The summed E-state index contributed by atoms with van der Waals surface area (Å²) in [6.07, 6.45) is 5.17. The fourth-order valence-electron chi connectivity index (χ4n) is 3.84. The van der Waals surface area contributed by atoms with Gasteiger partial charge in [-0.05, 0) is 26.8 Å². The Morgan fingerprint density at radius 3 is 2.68 bits per heavy atom.